The zero-order valence-corrected chi connectivity index (χ0v) is 46.0. The third-order valence-electron chi connectivity index (χ3n) is 16.7. The summed E-state index contributed by atoms with van der Waals surface area (Å²) >= 11 is 1.90. The molecule has 7 aromatic carbocycles. The van der Waals surface area contributed by atoms with Crippen molar-refractivity contribution in [1.29, 1.82) is 0 Å². The summed E-state index contributed by atoms with van der Waals surface area (Å²) in [6, 6.07) is 54.2. The van der Waals surface area contributed by atoms with Crippen LogP contribution in [-0.4, -0.2) is 0 Å². The van der Waals surface area contributed by atoms with E-state index in [0.717, 1.165) is 17.1 Å². The smallest absolute Gasteiger partial charge is 0.0647 e. The first-order valence-corrected chi connectivity index (χ1v) is 27.3. The summed E-state index contributed by atoms with van der Waals surface area (Å²) in [5.74, 6) is 0.805. The van der Waals surface area contributed by atoms with E-state index in [1.165, 1.54) is 120 Å². The minimum absolute atomic E-state index is 0.0326. The number of thiophene rings is 1. The van der Waals surface area contributed by atoms with Crippen LogP contribution in [0.4, 0.5) is 34.1 Å². The number of hydrogen-bond acceptors (Lipinski definition) is 3. The fourth-order valence-corrected chi connectivity index (χ4v) is 12.9. The zero-order chi connectivity index (χ0) is 50.4. The van der Waals surface area contributed by atoms with Gasteiger partial charge in [-0.25, -0.2) is 0 Å². The van der Waals surface area contributed by atoms with Gasteiger partial charge in [-0.1, -0.05) is 156 Å². The monoisotopic (exact) mass is 953 g/mol. The Morgan fingerprint density at radius 1 is 0.549 bits per heavy atom. The minimum atomic E-state index is -0.0326. The molecule has 0 bridgehead atoms. The summed E-state index contributed by atoms with van der Waals surface area (Å²) in [5, 5.41) is 3.79. The molecular formula is C68H76N2S. The van der Waals surface area contributed by atoms with Crippen LogP contribution in [-0.2, 0) is 21.7 Å². The normalized spacial score (nSPS) is 17.0. The van der Waals surface area contributed by atoms with Crippen molar-refractivity contribution >= 4 is 55.5 Å². The van der Waals surface area contributed by atoms with Crippen molar-refractivity contribution < 1.29 is 0 Å². The topological polar surface area (TPSA) is 6.48 Å². The molecule has 1 aromatic heterocycles. The molecule has 1 atom stereocenters. The molecule has 8 aromatic rings. The summed E-state index contributed by atoms with van der Waals surface area (Å²) in [7, 11) is 0. The second kappa shape index (κ2) is 18.0. The first-order valence-electron chi connectivity index (χ1n) is 26.4. The number of aryl methyl sites for hydroxylation is 2. The van der Waals surface area contributed by atoms with Crippen LogP contribution in [0.15, 0.2) is 145 Å². The molecular weight excluding hydrogens is 877 g/mol. The van der Waals surface area contributed by atoms with Crippen molar-refractivity contribution in [3.63, 3.8) is 0 Å². The van der Waals surface area contributed by atoms with Gasteiger partial charge in [-0.2, -0.15) is 0 Å². The molecule has 1 unspecified atom stereocenters. The van der Waals surface area contributed by atoms with Crippen molar-refractivity contribution in [2.75, 3.05) is 9.80 Å². The summed E-state index contributed by atoms with van der Waals surface area (Å²) in [6.45, 7) is 33.3. The van der Waals surface area contributed by atoms with Crippen molar-refractivity contribution in [2.45, 2.75) is 156 Å². The van der Waals surface area contributed by atoms with Crippen LogP contribution in [0.25, 0.3) is 32.3 Å². The van der Waals surface area contributed by atoms with Crippen LogP contribution in [0.1, 0.15) is 165 Å². The molecule has 0 aliphatic heterocycles. The van der Waals surface area contributed by atoms with Crippen molar-refractivity contribution in [1.82, 2.24) is 0 Å². The predicted molar refractivity (Wildman–Crippen MR) is 310 cm³/mol. The van der Waals surface area contributed by atoms with E-state index >= 15 is 0 Å². The van der Waals surface area contributed by atoms with Crippen LogP contribution in [0, 0.1) is 13.8 Å². The van der Waals surface area contributed by atoms with E-state index in [1.807, 2.05) is 11.3 Å². The van der Waals surface area contributed by atoms with Crippen LogP contribution in [0.2, 0.25) is 0 Å². The molecule has 10 rings (SSSR count). The quantitative estimate of drug-likeness (QED) is 0.142. The number of rotatable bonds is 9. The van der Waals surface area contributed by atoms with E-state index in [9.17, 15) is 0 Å². The van der Waals surface area contributed by atoms with Gasteiger partial charge in [-0.15, -0.1) is 11.3 Å². The molecule has 3 heteroatoms. The fraction of sp³-hybridized carbons (Fsp3) is 0.353. The molecule has 0 amide bonds. The highest BCUT2D eigenvalue weighted by Crippen LogP contribution is 2.53. The summed E-state index contributed by atoms with van der Waals surface area (Å²) in [5.41, 5.74) is 23.5. The average Bonchev–Trinajstić information content (AvgIpc) is 3.74. The van der Waals surface area contributed by atoms with Gasteiger partial charge in [0.15, 0.2) is 0 Å². The van der Waals surface area contributed by atoms with Gasteiger partial charge in [-0.3, -0.25) is 0 Å². The Balaban J connectivity index is 1.28. The SMILES string of the molecule is Cc1cccc(C)c1-c1cccc(N(c2cc(C(C)C)cc(N(c3ccc4c(c3)C(C)(C)CCC4C)c3csc4cc5c(cc34)C(C)(C)CCC5(C)C)c2)c2ccc(C(C)(C)C)cc2-c2ccccc2)c1. The highest BCUT2D eigenvalue weighted by molar-refractivity contribution is 7.17. The lowest BCUT2D eigenvalue weighted by Gasteiger charge is -2.42. The molecule has 364 valence electrons. The number of hydrogen-bond donors (Lipinski definition) is 0. The third kappa shape index (κ3) is 8.96. The first kappa shape index (κ1) is 48.7. The number of nitrogens with zero attached hydrogens (tertiary/aromatic N) is 2. The lowest BCUT2D eigenvalue weighted by molar-refractivity contribution is 0.332. The molecule has 71 heavy (non-hydrogen) atoms. The Morgan fingerprint density at radius 2 is 1.15 bits per heavy atom. The van der Waals surface area contributed by atoms with Gasteiger partial charge < -0.3 is 9.80 Å². The van der Waals surface area contributed by atoms with Crippen molar-refractivity contribution in [3.8, 4) is 22.3 Å². The molecule has 0 fully saturated rings. The zero-order valence-electron chi connectivity index (χ0n) is 45.1. The largest absolute Gasteiger partial charge is 0.310 e. The Hall–Kier alpha value is -5.90. The van der Waals surface area contributed by atoms with Gasteiger partial charge in [0, 0.05) is 43.8 Å². The second-order valence-electron chi connectivity index (χ2n) is 24.7. The van der Waals surface area contributed by atoms with E-state index in [4.69, 9.17) is 0 Å². The second-order valence-corrected chi connectivity index (χ2v) is 25.6. The lowest BCUT2D eigenvalue weighted by Crippen LogP contribution is -2.33. The number of anilines is 6. The van der Waals surface area contributed by atoms with Crippen LogP contribution in [0.5, 0.6) is 0 Å². The molecule has 0 N–H and O–H groups in total. The molecule has 0 saturated heterocycles. The summed E-state index contributed by atoms with van der Waals surface area (Å²) in [6.07, 6.45) is 4.79. The van der Waals surface area contributed by atoms with E-state index in [0.29, 0.717) is 5.92 Å². The molecule has 1 heterocycles. The van der Waals surface area contributed by atoms with Gasteiger partial charge in [0.1, 0.15) is 0 Å². The van der Waals surface area contributed by atoms with Crippen LogP contribution >= 0.6 is 11.3 Å². The standard InChI is InChI=1S/C68H76N2S/c1-43(2)49-35-53(69(51-25-19-24-48(34-51)64-45(4)20-18-21-46(64)5)61-29-26-50(65(6,7)8)37-56(61)47-22-16-15-17-23-47)38-54(36-49)70(52-27-28-55-44(3)30-31-66(9,10)58(55)39-52)62-42-71-63-41-60-59(40-57(62)63)67(11,12)32-33-68(60,13)14/h15-29,34-44H,30-33H2,1-14H3. The van der Waals surface area contributed by atoms with E-state index in [1.54, 1.807) is 0 Å². The van der Waals surface area contributed by atoms with E-state index in [2.05, 4.69) is 252 Å². The minimum Gasteiger partial charge on any atom is -0.310 e. The Bertz CT molecular complexity index is 3280. The average molecular weight is 953 g/mol. The van der Waals surface area contributed by atoms with Gasteiger partial charge in [0.05, 0.1) is 11.4 Å². The van der Waals surface area contributed by atoms with Crippen LogP contribution < -0.4 is 9.80 Å². The maximum absolute atomic E-state index is 2.63. The predicted octanol–water partition coefficient (Wildman–Crippen LogP) is 20.7. The summed E-state index contributed by atoms with van der Waals surface area (Å²) in [4.78, 5) is 5.19. The maximum atomic E-state index is 2.63. The Kier molecular flexibility index (Phi) is 12.3. The van der Waals surface area contributed by atoms with Crippen molar-refractivity contribution in [2.24, 2.45) is 0 Å². The van der Waals surface area contributed by atoms with Crippen molar-refractivity contribution in [3.05, 3.63) is 189 Å². The molecule has 0 radical (unpaired) electrons. The first-order chi connectivity index (χ1) is 33.6. The maximum Gasteiger partial charge on any atom is 0.0647 e. The lowest BCUT2D eigenvalue weighted by atomic mass is 9.63. The van der Waals surface area contributed by atoms with E-state index in [-0.39, 0.29) is 27.6 Å². The highest BCUT2D eigenvalue weighted by Gasteiger charge is 2.38. The molecule has 2 aliphatic carbocycles. The third-order valence-corrected chi connectivity index (χ3v) is 17.6. The molecule has 0 spiro atoms. The Labute approximate surface area is 430 Å². The molecule has 2 nitrogen and oxygen atoms in total. The fourth-order valence-electron chi connectivity index (χ4n) is 12.0. The highest BCUT2D eigenvalue weighted by atomic mass is 32.1. The number of benzene rings is 7. The molecule has 0 saturated carbocycles. The summed E-state index contributed by atoms with van der Waals surface area (Å²) < 4.78 is 1.36. The Morgan fingerprint density at radius 3 is 1.82 bits per heavy atom. The van der Waals surface area contributed by atoms with Gasteiger partial charge in [-0.05, 0) is 201 Å². The van der Waals surface area contributed by atoms with Gasteiger partial charge in [0.25, 0.3) is 0 Å². The van der Waals surface area contributed by atoms with Crippen LogP contribution in [0.3, 0.4) is 0 Å². The number of fused-ring (bicyclic) bond motifs is 3. The van der Waals surface area contributed by atoms with Gasteiger partial charge in [0.2, 0.25) is 0 Å². The molecule has 2 aliphatic rings. The van der Waals surface area contributed by atoms with Gasteiger partial charge >= 0.3 is 0 Å². The van der Waals surface area contributed by atoms with E-state index < -0.39 is 0 Å².